The fourth-order valence-electron chi connectivity index (χ4n) is 4.39. The summed E-state index contributed by atoms with van der Waals surface area (Å²) in [5, 5.41) is 3.38. The molecule has 1 saturated heterocycles. The molecule has 174 valence electrons. The van der Waals surface area contributed by atoms with E-state index < -0.39 is 0 Å². The summed E-state index contributed by atoms with van der Waals surface area (Å²) in [5.74, 6) is 1.50. The number of benzene rings is 1. The van der Waals surface area contributed by atoms with Crippen molar-refractivity contribution in [1.29, 1.82) is 0 Å². The van der Waals surface area contributed by atoms with Gasteiger partial charge in [0.1, 0.15) is 5.82 Å². The minimum atomic E-state index is 0.538. The summed E-state index contributed by atoms with van der Waals surface area (Å²) in [4.78, 5) is 20.6. The Hall–Kier alpha value is -3.19. The van der Waals surface area contributed by atoms with Gasteiger partial charge in [0.25, 0.3) is 0 Å². The first-order chi connectivity index (χ1) is 15.9. The van der Waals surface area contributed by atoms with Crippen molar-refractivity contribution in [1.82, 2.24) is 19.9 Å². The Bertz CT molecular complexity index is 1080. The minimum absolute atomic E-state index is 0.538. The van der Waals surface area contributed by atoms with Crippen molar-refractivity contribution >= 4 is 23.1 Å². The Balaban J connectivity index is 1.52. The Morgan fingerprint density at radius 2 is 1.91 bits per heavy atom. The Labute approximate surface area is 197 Å². The first-order valence-electron chi connectivity index (χ1n) is 11.7. The molecular weight excluding hydrogens is 410 g/mol. The van der Waals surface area contributed by atoms with Gasteiger partial charge < -0.3 is 15.1 Å². The first-order valence-corrected chi connectivity index (χ1v) is 11.7. The molecule has 3 aromatic rings. The molecule has 1 N–H and O–H groups in total. The van der Waals surface area contributed by atoms with Gasteiger partial charge in [0.2, 0.25) is 5.95 Å². The molecule has 2 aromatic heterocycles. The van der Waals surface area contributed by atoms with Crippen molar-refractivity contribution in [3.05, 3.63) is 54.4 Å². The summed E-state index contributed by atoms with van der Waals surface area (Å²) >= 11 is 0. The highest BCUT2D eigenvalue weighted by molar-refractivity contribution is 5.66. The van der Waals surface area contributed by atoms with Gasteiger partial charge in [0, 0.05) is 68.6 Å². The van der Waals surface area contributed by atoms with Crippen LogP contribution in [0.1, 0.15) is 25.8 Å². The molecule has 0 spiro atoms. The lowest BCUT2D eigenvalue weighted by atomic mass is 10.0. The third kappa shape index (κ3) is 5.09. The molecule has 0 radical (unpaired) electrons. The molecule has 33 heavy (non-hydrogen) atoms. The number of hydrogen-bond acceptors (Lipinski definition) is 7. The van der Waals surface area contributed by atoms with Crippen LogP contribution in [0.2, 0.25) is 0 Å². The van der Waals surface area contributed by atoms with E-state index in [-0.39, 0.29) is 0 Å². The van der Waals surface area contributed by atoms with Crippen LogP contribution in [0.15, 0.2) is 48.8 Å². The monoisotopic (exact) mass is 445 g/mol. The van der Waals surface area contributed by atoms with Crippen molar-refractivity contribution in [2.24, 2.45) is 0 Å². The van der Waals surface area contributed by atoms with Crippen LogP contribution in [0.3, 0.4) is 0 Å². The maximum Gasteiger partial charge on any atom is 0.227 e. The van der Waals surface area contributed by atoms with Crippen molar-refractivity contribution in [2.75, 3.05) is 49.3 Å². The van der Waals surface area contributed by atoms with Crippen molar-refractivity contribution in [3.8, 4) is 11.3 Å². The predicted octanol–water partition coefficient (Wildman–Crippen LogP) is 4.58. The van der Waals surface area contributed by atoms with Crippen molar-refractivity contribution in [2.45, 2.75) is 39.3 Å². The molecule has 2 unspecified atom stereocenters. The normalized spacial score (nSPS) is 18.9. The molecule has 0 saturated carbocycles. The van der Waals surface area contributed by atoms with Crippen LogP contribution in [-0.4, -0.2) is 66.2 Å². The molecule has 0 bridgehead atoms. The highest BCUT2D eigenvalue weighted by atomic mass is 15.3. The SMILES string of the molecule is CCC1CN(C)C(C)CN1c1ccc(Nc2nccc(-c3ccc(N(C)C)nc3)n2)cc1C. The minimum Gasteiger partial charge on any atom is -0.365 e. The van der Waals surface area contributed by atoms with Crippen LogP contribution in [0, 0.1) is 6.92 Å². The average molecular weight is 446 g/mol. The highest BCUT2D eigenvalue weighted by Gasteiger charge is 2.29. The van der Waals surface area contributed by atoms with E-state index in [1.807, 2.05) is 43.4 Å². The number of rotatable bonds is 6. The van der Waals surface area contributed by atoms with E-state index in [9.17, 15) is 0 Å². The zero-order valence-electron chi connectivity index (χ0n) is 20.6. The van der Waals surface area contributed by atoms with Gasteiger partial charge >= 0.3 is 0 Å². The van der Waals surface area contributed by atoms with Crippen LogP contribution >= 0.6 is 0 Å². The van der Waals surface area contributed by atoms with Gasteiger partial charge in [0.15, 0.2) is 0 Å². The molecule has 1 aromatic carbocycles. The molecule has 0 aliphatic carbocycles. The summed E-state index contributed by atoms with van der Waals surface area (Å²) in [6.45, 7) is 8.92. The molecule has 1 fully saturated rings. The van der Waals surface area contributed by atoms with Crippen molar-refractivity contribution in [3.63, 3.8) is 0 Å². The Kier molecular flexibility index (Phi) is 6.79. The molecule has 1 aliphatic rings. The summed E-state index contributed by atoms with van der Waals surface area (Å²) in [5.41, 5.74) is 5.37. The summed E-state index contributed by atoms with van der Waals surface area (Å²) in [6, 6.07) is 13.6. The third-order valence-electron chi connectivity index (χ3n) is 6.54. The van der Waals surface area contributed by atoms with Crippen LogP contribution in [0.4, 0.5) is 23.1 Å². The summed E-state index contributed by atoms with van der Waals surface area (Å²) < 4.78 is 0. The van der Waals surface area contributed by atoms with Crippen LogP contribution in [-0.2, 0) is 0 Å². The molecule has 7 heteroatoms. The number of likely N-dealkylation sites (N-methyl/N-ethyl adjacent to an activating group) is 1. The number of piperazine rings is 1. The Morgan fingerprint density at radius 1 is 1.09 bits per heavy atom. The molecule has 0 amide bonds. The van der Waals surface area contributed by atoms with E-state index in [2.05, 4.69) is 71.1 Å². The largest absolute Gasteiger partial charge is 0.365 e. The van der Waals surface area contributed by atoms with E-state index in [1.54, 1.807) is 6.20 Å². The second kappa shape index (κ2) is 9.75. The number of aromatic nitrogens is 3. The maximum atomic E-state index is 4.71. The summed E-state index contributed by atoms with van der Waals surface area (Å²) in [6.07, 6.45) is 4.77. The molecule has 7 nitrogen and oxygen atoms in total. The Morgan fingerprint density at radius 3 is 2.58 bits per heavy atom. The predicted molar refractivity (Wildman–Crippen MR) is 138 cm³/mol. The maximum absolute atomic E-state index is 4.71. The molecule has 4 rings (SSSR count). The summed E-state index contributed by atoms with van der Waals surface area (Å²) in [7, 11) is 6.19. The van der Waals surface area contributed by atoms with Crippen molar-refractivity contribution < 1.29 is 0 Å². The zero-order chi connectivity index (χ0) is 23.5. The van der Waals surface area contributed by atoms with Crippen LogP contribution in [0.5, 0.6) is 0 Å². The lowest BCUT2D eigenvalue weighted by molar-refractivity contribution is 0.197. The second-order valence-corrected chi connectivity index (χ2v) is 9.19. The first kappa shape index (κ1) is 23.0. The number of nitrogens with one attached hydrogen (secondary N) is 1. The smallest absolute Gasteiger partial charge is 0.227 e. The van der Waals surface area contributed by atoms with E-state index >= 15 is 0 Å². The van der Waals surface area contributed by atoms with Gasteiger partial charge in [-0.25, -0.2) is 15.0 Å². The highest BCUT2D eigenvalue weighted by Crippen LogP contribution is 2.30. The molecule has 2 atom stereocenters. The standard InChI is InChI=1S/C26H35N7/c1-7-22-17-32(6)19(3)16-33(22)24-10-9-21(14-18(24)2)29-26-27-13-12-23(30-26)20-8-11-25(28-15-20)31(4)5/h8-15,19,22H,7,16-17H2,1-6H3,(H,27,29,30). The molecule has 3 heterocycles. The zero-order valence-corrected chi connectivity index (χ0v) is 20.6. The second-order valence-electron chi connectivity index (χ2n) is 9.19. The quantitative estimate of drug-likeness (QED) is 0.596. The van der Waals surface area contributed by atoms with E-state index in [0.717, 1.165) is 42.3 Å². The van der Waals surface area contributed by atoms with Gasteiger partial charge in [-0.3, -0.25) is 4.90 Å². The number of pyridine rings is 1. The fourth-order valence-corrected chi connectivity index (χ4v) is 4.39. The number of aryl methyl sites for hydroxylation is 1. The van der Waals surface area contributed by atoms with Gasteiger partial charge in [-0.1, -0.05) is 6.92 Å². The van der Waals surface area contributed by atoms with Gasteiger partial charge in [0.05, 0.1) is 5.69 Å². The van der Waals surface area contributed by atoms with Crippen LogP contribution in [0.25, 0.3) is 11.3 Å². The third-order valence-corrected chi connectivity index (χ3v) is 6.54. The lowest BCUT2D eigenvalue weighted by Gasteiger charge is -2.45. The van der Waals surface area contributed by atoms with E-state index in [0.29, 0.717) is 18.0 Å². The fraction of sp³-hybridized carbons (Fsp3) is 0.423. The number of nitrogens with zero attached hydrogens (tertiary/aromatic N) is 6. The van der Waals surface area contributed by atoms with Gasteiger partial charge in [-0.2, -0.15) is 0 Å². The average Bonchev–Trinajstić information content (AvgIpc) is 2.81. The van der Waals surface area contributed by atoms with E-state index in [4.69, 9.17) is 4.98 Å². The van der Waals surface area contributed by atoms with Gasteiger partial charge in [-0.15, -0.1) is 0 Å². The number of anilines is 4. The van der Waals surface area contributed by atoms with Crippen LogP contribution < -0.4 is 15.1 Å². The lowest BCUT2D eigenvalue weighted by Crippen LogP contribution is -2.56. The topological polar surface area (TPSA) is 60.4 Å². The van der Waals surface area contributed by atoms with E-state index in [1.165, 1.54) is 11.3 Å². The molecular formula is C26H35N7. The molecule has 1 aliphatic heterocycles. The van der Waals surface area contributed by atoms with Gasteiger partial charge in [-0.05, 0) is 69.3 Å². The number of hydrogen-bond donors (Lipinski definition) is 1.